The molecule has 2 amide bonds. The van der Waals surface area contributed by atoms with Gasteiger partial charge in [-0.1, -0.05) is 44.8 Å². The van der Waals surface area contributed by atoms with Crippen LogP contribution in [-0.4, -0.2) is 48.2 Å². The number of hydrogen-bond acceptors (Lipinski definition) is 4. The van der Waals surface area contributed by atoms with E-state index in [4.69, 9.17) is 9.84 Å². The maximum Gasteiger partial charge on any atom is 0.303 e. The summed E-state index contributed by atoms with van der Waals surface area (Å²) in [5, 5.41) is 14.4. The smallest absolute Gasteiger partial charge is 0.303 e. The van der Waals surface area contributed by atoms with Crippen molar-refractivity contribution in [2.75, 3.05) is 13.1 Å². The summed E-state index contributed by atoms with van der Waals surface area (Å²) < 4.78 is 5.97. The summed E-state index contributed by atoms with van der Waals surface area (Å²) in [6.45, 7) is 2.85. The van der Waals surface area contributed by atoms with Crippen molar-refractivity contribution in [3.8, 4) is 0 Å². The number of hydrogen-bond donors (Lipinski definition) is 3. The number of amides is 2. The van der Waals surface area contributed by atoms with E-state index in [-0.39, 0.29) is 48.8 Å². The van der Waals surface area contributed by atoms with Gasteiger partial charge in [-0.3, -0.25) is 14.4 Å². The van der Waals surface area contributed by atoms with Gasteiger partial charge in [0.2, 0.25) is 11.8 Å². The van der Waals surface area contributed by atoms with Crippen LogP contribution in [0.15, 0.2) is 12.2 Å². The molecule has 4 atom stereocenters. The lowest BCUT2D eigenvalue weighted by molar-refractivity contribution is -0.137. The fourth-order valence-electron chi connectivity index (χ4n) is 4.48. The SMILES string of the molecule is CCCCCCCNC(=O)CNC(=O)[C@H]1[C@@H](C/C=C\CCCC(=O)O)[C@H]2CC[C@@H]1O2. The summed E-state index contributed by atoms with van der Waals surface area (Å²) in [5.74, 6) is -1.10. The number of fused-ring (bicyclic) bond motifs is 2. The molecular weight excluding hydrogens is 384 g/mol. The number of carbonyl (C=O) groups is 3. The molecule has 0 radical (unpaired) electrons. The number of rotatable bonds is 15. The Hall–Kier alpha value is -1.89. The van der Waals surface area contributed by atoms with Crippen LogP contribution in [0.4, 0.5) is 0 Å². The van der Waals surface area contributed by atoms with Gasteiger partial charge in [0.15, 0.2) is 0 Å². The molecule has 2 heterocycles. The summed E-state index contributed by atoms with van der Waals surface area (Å²) >= 11 is 0. The van der Waals surface area contributed by atoms with Gasteiger partial charge in [-0.25, -0.2) is 0 Å². The second-order valence-corrected chi connectivity index (χ2v) is 8.46. The van der Waals surface area contributed by atoms with Gasteiger partial charge in [0.1, 0.15) is 0 Å². The zero-order valence-electron chi connectivity index (χ0n) is 18.2. The van der Waals surface area contributed by atoms with Gasteiger partial charge in [-0.05, 0) is 38.5 Å². The minimum absolute atomic E-state index is 0.0133. The number of aliphatic carboxylic acids is 1. The van der Waals surface area contributed by atoms with Crippen molar-refractivity contribution in [3.05, 3.63) is 12.2 Å². The Kier molecular flexibility index (Phi) is 10.9. The van der Waals surface area contributed by atoms with Crippen molar-refractivity contribution in [2.45, 2.75) is 89.8 Å². The molecule has 0 aromatic heterocycles. The average Bonchev–Trinajstić information content (AvgIpc) is 3.32. The molecule has 170 valence electrons. The fraction of sp³-hybridized carbons (Fsp3) is 0.783. The van der Waals surface area contributed by atoms with E-state index in [2.05, 4.69) is 17.6 Å². The molecule has 2 fully saturated rings. The third kappa shape index (κ3) is 8.09. The third-order valence-electron chi connectivity index (χ3n) is 6.09. The van der Waals surface area contributed by atoms with Crippen molar-refractivity contribution in [2.24, 2.45) is 11.8 Å². The number of unbranched alkanes of at least 4 members (excludes halogenated alkanes) is 5. The lowest BCUT2D eigenvalue weighted by Gasteiger charge is -2.26. The molecule has 2 rings (SSSR count). The summed E-state index contributed by atoms with van der Waals surface area (Å²) in [7, 11) is 0. The Labute approximate surface area is 180 Å². The predicted molar refractivity (Wildman–Crippen MR) is 115 cm³/mol. The molecule has 0 spiro atoms. The topological polar surface area (TPSA) is 105 Å². The van der Waals surface area contributed by atoms with Crippen LogP contribution in [0, 0.1) is 11.8 Å². The Morgan fingerprint density at radius 1 is 1.00 bits per heavy atom. The van der Waals surface area contributed by atoms with Crippen LogP contribution < -0.4 is 10.6 Å². The molecule has 0 aliphatic carbocycles. The number of carboxylic acid groups (broad SMARTS) is 1. The predicted octanol–water partition coefficient (Wildman–Crippen LogP) is 3.18. The Morgan fingerprint density at radius 3 is 2.53 bits per heavy atom. The van der Waals surface area contributed by atoms with Gasteiger partial charge >= 0.3 is 5.97 Å². The Bertz CT molecular complexity index is 592. The minimum atomic E-state index is -0.776. The van der Waals surface area contributed by atoms with E-state index >= 15 is 0 Å². The maximum atomic E-state index is 12.7. The van der Waals surface area contributed by atoms with Gasteiger partial charge < -0.3 is 20.5 Å². The first-order valence-electron chi connectivity index (χ1n) is 11.6. The highest BCUT2D eigenvalue weighted by molar-refractivity contribution is 5.86. The highest BCUT2D eigenvalue weighted by atomic mass is 16.5. The molecule has 30 heavy (non-hydrogen) atoms. The Morgan fingerprint density at radius 2 is 1.77 bits per heavy atom. The largest absolute Gasteiger partial charge is 0.481 e. The summed E-state index contributed by atoms with van der Waals surface area (Å²) in [4.78, 5) is 35.3. The van der Waals surface area contributed by atoms with Crippen molar-refractivity contribution in [1.82, 2.24) is 10.6 Å². The first-order chi connectivity index (χ1) is 14.5. The van der Waals surface area contributed by atoms with Gasteiger partial charge in [-0.2, -0.15) is 0 Å². The first-order valence-corrected chi connectivity index (χ1v) is 11.6. The van der Waals surface area contributed by atoms with Crippen molar-refractivity contribution < 1.29 is 24.2 Å². The van der Waals surface area contributed by atoms with Crippen LogP contribution in [-0.2, 0) is 19.1 Å². The molecule has 2 bridgehead atoms. The summed E-state index contributed by atoms with van der Waals surface area (Å²) in [6.07, 6.45) is 14.0. The van der Waals surface area contributed by atoms with Crippen LogP contribution in [0.1, 0.15) is 77.6 Å². The third-order valence-corrected chi connectivity index (χ3v) is 6.09. The highest BCUT2D eigenvalue weighted by Gasteiger charge is 2.51. The first kappa shape index (κ1) is 24.4. The van der Waals surface area contributed by atoms with Gasteiger partial charge in [0, 0.05) is 18.9 Å². The summed E-state index contributed by atoms with van der Waals surface area (Å²) in [5.41, 5.74) is 0. The highest BCUT2D eigenvalue weighted by Crippen LogP contribution is 2.45. The van der Waals surface area contributed by atoms with E-state index in [9.17, 15) is 14.4 Å². The molecule has 3 N–H and O–H groups in total. The van der Waals surface area contributed by atoms with E-state index in [1.54, 1.807) is 0 Å². The fourth-order valence-corrected chi connectivity index (χ4v) is 4.48. The van der Waals surface area contributed by atoms with Gasteiger partial charge in [0.05, 0.1) is 24.7 Å². The molecule has 0 saturated carbocycles. The van der Waals surface area contributed by atoms with E-state index in [1.807, 2.05) is 12.2 Å². The minimum Gasteiger partial charge on any atom is -0.481 e. The molecule has 0 unspecified atom stereocenters. The number of ether oxygens (including phenoxy) is 1. The quantitative estimate of drug-likeness (QED) is 0.278. The average molecular weight is 423 g/mol. The van der Waals surface area contributed by atoms with Crippen molar-refractivity contribution >= 4 is 17.8 Å². The zero-order chi connectivity index (χ0) is 21.8. The second kappa shape index (κ2) is 13.4. The molecule has 0 aromatic rings. The van der Waals surface area contributed by atoms with Crippen LogP contribution in [0.25, 0.3) is 0 Å². The zero-order valence-corrected chi connectivity index (χ0v) is 18.2. The van der Waals surface area contributed by atoms with E-state index < -0.39 is 5.97 Å². The van der Waals surface area contributed by atoms with Crippen LogP contribution in [0.5, 0.6) is 0 Å². The Balaban J connectivity index is 1.69. The number of allylic oxidation sites excluding steroid dienone is 2. The standard InChI is InChI=1S/C23H38N2O5/c1-2-3-4-7-10-15-24-20(26)16-25-23(29)22-17(18-13-14-19(22)30-18)11-8-5-6-9-12-21(27)28/h5,8,17-19,22H,2-4,6-7,9-16H2,1H3,(H,24,26)(H,25,29)(H,27,28)/b8-5-/t17-,18+,19-,22-/m0/s1. The molecule has 7 nitrogen and oxygen atoms in total. The lowest BCUT2D eigenvalue weighted by Crippen LogP contribution is -2.44. The molecular formula is C23H38N2O5. The van der Waals surface area contributed by atoms with E-state index in [1.165, 1.54) is 19.3 Å². The van der Waals surface area contributed by atoms with Crippen molar-refractivity contribution in [1.29, 1.82) is 0 Å². The van der Waals surface area contributed by atoms with Gasteiger partial charge in [0.25, 0.3) is 0 Å². The number of carboxylic acids is 1. The molecule has 0 aromatic carbocycles. The molecule has 2 aliphatic heterocycles. The van der Waals surface area contributed by atoms with Crippen LogP contribution in [0.3, 0.4) is 0 Å². The monoisotopic (exact) mass is 422 g/mol. The summed E-state index contributed by atoms with van der Waals surface area (Å²) in [6, 6.07) is 0. The number of nitrogens with one attached hydrogen (secondary N) is 2. The van der Waals surface area contributed by atoms with Gasteiger partial charge in [-0.15, -0.1) is 0 Å². The van der Waals surface area contributed by atoms with E-state index in [0.29, 0.717) is 13.0 Å². The molecule has 2 saturated heterocycles. The lowest BCUT2D eigenvalue weighted by atomic mass is 9.77. The second-order valence-electron chi connectivity index (χ2n) is 8.46. The normalized spacial score (nSPS) is 25.0. The van der Waals surface area contributed by atoms with Crippen LogP contribution in [0.2, 0.25) is 0 Å². The van der Waals surface area contributed by atoms with E-state index in [0.717, 1.165) is 38.5 Å². The van der Waals surface area contributed by atoms with Crippen molar-refractivity contribution in [3.63, 3.8) is 0 Å². The molecule has 7 heteroatoms. The number of carbonyl (C=O) groups excluding carboxylic acids is 2. The molecule has 2 aliphatic rings. The maximum absolute atomic E-state index is 12.7. The van der Waals surface area contributed by atoms with Crippen LogP contribution >= 0.6 is 0 Å².